The van der Waals surface area contributed by atoms with E-state index < -0.39 is 6.10 Å². The van der Waals surface area contributed by atoms with Crippen LogP contribution in [0, 0.1) is 0 Å². The highest BCUT2D eigenvalue weighted by atomic mass is 16.5. The fourth-order valence-electron chi connectivity index (χ4n) is 1.79. The first-order valence-electron chi connectivity index (χ1n) is 7.52. The van der Waals surface area contributed by atoms with E-state index in [4.69, 9.17) is 7.48 Å². The summed E-state index contributed by atoms with van der Waals surface area (Å²) in [4.78, 5) is 0. The van der Waals surface area contributed by atoms with Gasteiger partial charge in [0.15, 0.2) is 0 Å². The third kappa shape index (κ3) is 3.94. The lowest BCUT2D eigenvalue weighted by Gasteiger charge is -2.15. The molecule has 2 aromatic carbocycles. The average molecular weight is 261 g/mol. The monoisotopic (exact) mass is 261 g/mol. The lowest BCUT2D eigenvalue weighted by atomic mass is 10.1. The zero-order valence-corrected chi connectivity index (χ0v) is 11.3. The van der Waals surface area contributed by atoms with Gasteiger partial charge in [0.1, 0.15) is 18.5 Å². The van der Waals surface area contributed by atoms with Gasteiger partial charge in [-0.2, -0.15) is 0 Å². The molecule has 0 aliphatic carbocycles. The van der Waals surface area contributed by atoms with E-state index in [-0.39, 0.29) is 12.6 Å². The maximum absolute atomic E-state index is 9.89. The Balaban J connectivity index is 2.15. The summed E-state index contributed by atoms with van der Waals surface area (Å²) in [6.07, 6.45) is -0.638. The lowest BCUT2D eigenvalue weighted by Crippen LogP contribution is -2.35. The van der Waals surface area contributed by atoms with E-state index in [0.29, 0.717) is 24.4 Å². The lowest BCUT2D eigenvalue weighted by molar-refractivity contribution is 0.105. The molecule has 2 N–H and O–H groups in total. The van der Waals surface area contributed by atoms with Gasteiger partial charge in [0.25, 0.3) is 0 Å². The SMILES string of the molecule is [2H]c1cc([2H])c2ccccc2c1OC[C@@H](O)CNC(C)C. The molecule has 0 radical (unpaired) electrons. The number of nitrogens with one attached hydrogen (secondary N) is 1. The van der Waals surface area contributed by atoms with Crippen molar-refractivity contribution in [2.24, 2.45) is 0 Å². The van der Waals surface area contributed by atoms with Crippen molar-refractivity contribution in [3.05, 3.63) is 42.4 Å². The topological polar surface area (TPSA) is 41.5 Å². The molecule has 0 saturated heterocycles. The van der Waals surface area contributed by atoms with E-state index in [1.165, 1.54) is 6.07 Å². The second-order valence-corrected chi connectivity index (χ2v) is 4.84. The predicted molar refractivity (Wildman–Crippen MR) is 78.6 cm³/mol. The molecule has 0 aliphatic heterocycles. The van der Waals surface area contributed by atoms with Crippen LogP contribution in [0.2, 0.25) is 0 Å². The van der Waals surface area contributed by atoms with E-state index in [0.717, 1.165) is 10.8 Å². The minimum atomic E-state index is -0.638. The minimum Gasteiger partial charge on any atom is -0.490 e. The Morgan fingerprint density at radius 2 is 2.05 bits per heavy atom. The van der Waals surface area contributed by atoms with Crippen molar-refractivity contribution in [3.63, 3.8) is 0 Å². The summed E-state index contributed by atoms with van der Waals surface area (Å²) in [5.74, 6) is 0.421. The molecule has 2 rings (SSSR count). The van der Waals surface area contributed by atoms with Gasteiger partial charge in [-0.3, -0.25) is 0 Å². The van der Waals surface area contributed by atoms with Crippen LogP contribution in [0.25, 0.3) is 10.8 Å². The molecule has 0 unspecified atom stereocenters. The number of fused-ring (bicyclic) bond motifs is 1. The summed E-state index contributed by atoms with van der Waals surface area (Å²) in [5.41, 5.74) is 0. The maximum atomic E-state index is 9.89. The molecule has 0 aliphatic rings. The van der Waals surface area contributed by atoms with E-state index in [1.807, 2.05) is 38.1 Å². The van der Waals surface area contributed by atoms with E-state index in [1.54, 1.807) is 0 Å². The number of benzene rings is 2. The van der Waals surface area contributed by atoms with Crippen molar-refractivity contribution in [1.82, 2.24) is 5.32 Å². The predicted octanol–water partition coefficient (Wildman–Crippen LogP) is 2.58. The highest BCUT2D eigenvalue weighted by Gasteiger charge is 2.07. The van der Waals surface area contributed by atoms with Crippen LogP contribution in [0.5, 0.6) is 5.75 Å². The molecule has 0 spiro atoms. The summed E-state index contributed by atoms with van der Waals surface area (Å²) in [6.45, 7) is 4.58. The highest BCUT2D eigenvalue weighted by molar-refractivity contribution is 5.88. The second kappa shape index (κ2) is 6.55. The van der Waals surface area contributed by atoms with Gasteiger partial charge in [0.05, 0.1) is 2.74 Å². The van der Waals surface area contributed by atoms with Crippen molar-refractivity contribution in [1.29, 1.82) is 0 Å². The Morgan fingerprint density at radius 3 is 2.84 bits per heavy atom. The molecule has 3 heteroatoms. The number of aliphatic hydroxyl groups excluding tert-OH is 1. The van der Waals surface area contributed by atoms with Crippen LogP contribution < -0.4 is 10.1 Å². The molecule has 0 bridgehead atoms. The summed E-state index contributed by atoms with van der Waals surface area (Å²) in [5, 5.41) is 14.5. The number of hydrogen-bond acceptors (Lipinski definition) is 3. The third-order valence-corrected chi connectivity index (χ3v) is 2.78. The van der Waals surface area contributed by atoms with Crippen molar-refractivity contribution >= 4 is 10.8 Å². The molecule has 0 aromatic heterocycles. The molecule has 1 atom stereocenters. The van der Waals surface area contributed by atoms with E-state index in [9.17, 15) is 5.11 Å². The minimum absolute atomic E-state index is 0.118. The Morgan fingerprint density at radius 1 is 1.26 bits per heavy atom. The number of rotatable bonds is 6. The molecule has 19 heavy (non-hydrogen) atoms. The third-order valence-electron chi connectivity index (χ3n) is 2.78. The van der Waals surface area contributed by atoms with Gasteiger partial charge in [-0.1, -0.05) is 50.2 Å². The fourth-order valence-corrected chi connectivity index (χ4v) is 1.79. The number of ether oxygens (including phenoxy) is 1. The quantitative estimate of drug-likeness (QED) is 0.839. The Hall–Kier alpha value is -1.58. The zero-order valence-electron chi connectivity index (χ0n) is 13.3. The van der Waals surface area contributed by atoms with Crippen molar-refractivity contribution < 1.29 is 12.6 Å². The summed E-state index contributed by atoms with van der Waals surface area (Å²) >= 11 is 0. The van der Waals surface area contributed by atoms with Crippen LogP contribution in [-0.2, 0) is 0 Å². The molecule has 3 nitrogen and oxygen atoms in total. The van der Waals surface area contributed by atoms with Crippen molar-refractivity contribution in [2.75, 3.05) is 13.2 Å². The summed E-state index contributed by atoms with van der Waals surface area (Å²) in [7, 11) is 0. The molecule has 0 heterocycles. The van der Waals surface area contributed by atoms with Gasteiger partial charge in [0, 0.05) is 18.0 Å². The van der Waals surface area contributed by atoms with Crippen LogP contribution in [-0.4, -0.2) is 30.4 Å². The Bertz CT molecular complexity index is 616. The first-order valence-corrected chi connectivity index (χ1v) is 6.52. The normalized spacial score (nSPS) is 14.3. The molecule has 2 aromatic rings. The van der Waals surface area contributed by atoms with E-state index >= 15 is 0 Å². The van der Waals surface area contributed by atoms with Gasteiger partial charge in [-0.15, -0.1) is 0 Å². The van der Waals surface area contributed by atoms with E-state index in [2.05, 4.69) is 5.32 Å². The summed E-state index contributed by atoms with van der Waals surface area (Å²) < 4.78 is 21.5. The smallest absolute Gasteiger partial charge is 0.127 e. The van der Waals surface area contributed by atoms with Gasteiger partial charge < -0.3 is 15.2 Å². The van der Waals surface area contributed by atoms with Crippen molar-refractivity contribution in [3.8, 4) is 5.75 Å². The Kier molecular flexibility index (Phi) is 3.88. The molecular weight excluding hydrogens is 238 g/mol. The second-order valence-electron chi connectivity index (χ2n) is 4.84. The van der Waals surface area contributed by atoms with Crippen LogP contribution in [0.4, 0.5) is 0 Å². The fraction of sp³-hybridized carbons (Fsp3) is 0.375. The summed E-state index contributed by atoms with van der Waals surface area (Å²) in [6, 6.07) is 9.62. The standard InChI is InChI=1S/C16H21NO2/c1-12(2)17-10-14(18)11-19-16-9-5-7-13-6-3-4-8-15(13)16/h3-9,12,14,17-18H,10-11H2,1-2H3/t14-/m0/s1/i7D,9D. The molecule has 0 fully saturated rings. The van der Waals surface area contributed by atoms with Crippen LogP contribution >= 0.6 is 0 Å². The number of hydrogen-bond donors (Lipinski definition) is 2. The van der Waals surface area contributed by atoms with Crippen LogP contribution in [0.1, 0.15) is 16.6 Å². The van der Waals surface area contributed by atoms with Crippen molar-refractivity contribution in [2.45, 2.75) is 26.0 Å². The maximum Gasteiger partial charge on any atom is 0.127 e. The number of aliphatic hydroxyl groups is 1. The van der Waals surface area contributed by atoms with Gasteiger partial charge in [0.2, 0.25) is 0 Å². The first kappa shape index (κ1) is 11.3. The van der Waals surface area contributed by atoms with Crippen LogP contribution in [0.3, 0.4) is 0 Å². The zero-order chi connectivity index (χ0) is 15.4. The van der Waals surface area contributed by atoms with Gasteiger partial charge in [-0.25, -0.2) is 0 Å². The molecular formula is C16H21NO2. The van der Waals surface area contributed by atoms with Crippen LogP contribution in [0.15, 0.2) is 42.4 Å². The molecule has 102 valence electrons. The molecule has 0 saturated carbocycles. The Labute approximate surface area is 117 Å². The highest BCUT2D eigenvalue weighted by Crippen LogP contribution is 2.25. The first-order chi connectivity index (χ1) is 9.99. The largest absolute Gasteiger partial charge is 0.490 e. The molecule has 0 amide bonds. The van der Waals surface area contributed by atoms with Gasteiger partial charge >= 0.3 is 0 Å². The van der Waals surface area contributed by atoms with Gasteiger partial charge in [-0.05, 0) is 11.4 Å². The average Bonchev–Trinajstić information content (AvgIpc) is 2.45.